The van der Waals surface area contributed by atoms with E-state index >= 15 is 0 Å². The number of likely N-dealkylation sites (N-methyl/N-ethyl adjacent to an activating group) is 1. The third-order valence-electron chi connectivity index (χ3n) is 8.99. The lowest BCUT2D eigenvalue weighted by Crippen LogP contribution is -2.58. The number of benzene rings is 1. The smallest absolute Gasteiger partial charge is 0.249 e. The Morgan fingerprint density at radius 1 is 0.932 bits per heavy atom. The average molecular weight is 611 g/mol. The van der Waals surface area contributed by atoms with Crippen LogP contribution in [0.2, 0.25) is 0 Å². The second kappa shape index (κ2) is 16.2. The van der Waals surface area contributed by atoms with Gasteiger partial charge in [0.05, 0.1) is 18.1 Å². The van der Waals surface area contributed by atoms with Gasteiger partial charge in [0.25, 0.3) is 0 Å². The first-order valence-corrected chi connectivity index (χ1v) is 16.4. The zero-order valence-electron chi connectivity index (χ0n) is 28.0. The van der Waals surface area contributed by atoms with Crippen LogP contribution in [0.15, 0.2) is 42.0 Å². The van der Waals surface area contributed by atoms with Crippen LogP contribution in [0.5, 0.6) is 5.75 Å². The van der Waals surface area contributed by atoms with Crippen molar-refractivity contribution in [2.45, 2.75) is 111 Å². The summed E-state index contributed by atoms with van der Waals surface area (Å²) in [5, 5.41) is 3.09. The highest BCUT2D eigenvalue weighted by atomic mass is 16.5. The number of carbonyl (C=O) groups is 4. The molecular formula is C35H54N4O5. The van der Waals surface area contributed by atoms with E-state index in [1.54, 1.807) is 35.9 Å². The lowest BCUT2D eigenvalue weighted by molar-refractivity contribution is -0.140. The van der Waals surface area contributed by atoms with E-state index in [1.165, 1.54) is 0 Å². The molecule has 244 valence electrons. The average Bonchev–Trinajstić information content (AvgIpc) is 3.50. The third kappa shape index (κ3) is 8.93. The zero-order valence-corrected chi connectivity index (χ0v) is 28.0. The van der Waals surface area contributed by atoms with E-state index in [-0.39, 0.29) is 60.1 Å². The van der Waals surface area contributed by atoms with Crippen LogP contribution in [0.25, 0.3) is 0 Å². The van der Waals surface area contributed by atoms with Crippen molar-refractivity contribution in [1.29, 1.82) is 0 Å². The predicted molar refractivity (Wildman–Crippen MR) is 173 cm³/mol. The fourth-order valence-corrected chi connectivity index (χ4v) is 6.40. The van der Waals surface area contributed by atoms with Crippen LogP contribution in [0.3, 0.4) is 0 Å². The van der Waals surface area contributed by atoms with Gasteiger partial charge < -0.3 is 19.9 Å². The van der Waals surface area contributed by atoms with Crippen LogP contribution in [0.4, 0.5) is 0 Å². The molecule has 0 aromatic heterocycles. The van der Waals surface area contributed by atoms with Gasteiger partial charge in [0.15, 0.2) is 5.78 Å². The number of amides is 3. The van der Waals surface area contributed by atoms with Crippen LogP contribution in [-0.4, -0.2) is 95.2 Å². The second-order valence-corrected chi connectivity index (χ2v) is 13.3. The Kier molecular flexibility index (Phi) is 13.0. The summed E-state index contributed by atoms with van der Waals surface area (Å²) in [6, 6.07) is 7.61. The van der Waals surface area contributed by atoms with Gasteiger partial charge in [-0.2, -0.15) is 0 Å². The number of carbonyl (C=O) groups excluding carboxylic acids is 4. The molecule has 0 aliphatic carbocycles. The third-order valence-corrected chi connectivity index (χ3v) is 8.99. The molecule has 9 nitrogen and oxygen atoms in total. The summed E-state index contributed by atoms with van der Waals surface area (Å²) in [4.78, 5) is 59.6. The molecule has 0 spiro atoms. The Hall–Kier alpha value is -3.20. The van der Waals surface area contributed by atoms with Gasteiger partial charge in [0.2, 0.25) is 17.7 Å². The number of nitrogens with zero attached hydrogens (tertiary/aromatic N) is 3. The molecule has 2 aliphatic heterocycles. The molecule has 1 aromatic rings. The molecule has 9 heteroatoms. The molecule has 2 heterocycles. The van der Waals surface area contributed by atoms with Crippen molar-refractivity contribution in [3.05, 3.63) is 42.0 Å². The molecule has 4 unspecified atom stereocenters. The lowest BCUT2D eigenvalue weighted by Gasteiger charge is -2.39. The molecule has 0 saturated carbocycles. The van der Waals surface area contributed by atoms with Gasteiger partial charge in [-0.1, -0.05) is 58.4 Å². The van der Waals surface area contributed by atoms with Crippen molar-refractivity contribution in [3.8, 4) is 5.75 Å². The summed E-state index contributed by atoms with van der Waals surface area (Å²) in [5.74, 6) is -0.0754. The SMILES string of the molecule is C/C(=C\C(C(C)C)N(C)C(=O)C(NC(=O)C1CCCCN1C(C)C)C(C)C)C(=O)N1CCCC1C(=O)COc1ccccc1. The van der Waals surface area contributed by atoms with Gasteiger partial charge in [-0.05, 0) is 77.0 Å². The van der Waals surface area contributed by atoms with Gasteiger partial charge >= 0.3 is 0 Å². The highest BCUT2D eigenvalue weighted by molar-refractivity contribution is 5.98. The van der Waals surface area contributed by atoms with Crippen LogP contribution in [0.1, 0.15) is 80.6 Å². The molecule has 3 rings (SSSR count). The number of likely N-dealkylation sites (tertiary alicyclic amines) is 2. The molecule has 1 aromatic carbocycles. The second-order valence-electron chi connectivity index (χ2n) is 13.3. The molecule has 1 N–H and O–H groups in total. The Balaban J connectivity index is 1.71. The number of ketones is 1. The van der Waals surface area contributed by atoms with Gasteiger partial charge in [-0.15, -0.1) is 0 Å². The van der Waals surface area contributed by atoms with Crippen LogP contribution < -0.4 is 10.1 Å². The number of hydrogen-bond donors (Lipinski definition) is 1. The van der Waals surface area contributed by atoms with E-state index in [0.29, 0.717) is 24.3 Å². The van der Waals surface area contributed by atoms with Gasteiger partial charge in [0.1, 0.15) is 18.4 Å². The minimum Gasteiger partial charge on any atom is -0.486 e. The van der Waals surface area contributed by atoms with E-state index in [1.807, 2.05) is 52.0 Å². The summed E-state index contributed by atoms with van der Waals surface area (Å²) < 4.78 is 5.67. The summed E-state index contributed by atoms with van der Waals surface area (Å²) in [5.41, 5.74) is 0.493. The van der Waals surface area contributed by atoms with E-state index in [2.05, 4.69) is 24.1 Å². The number of ether oxygens (including phenoxy) is 1. The van der Waals surface area contributed by atoms with Crippen molar-refractivity contribution in [2.75, 3.05) is 26.7 Å². The molecule has 0 bridgehead atoms. The van der Waals surface area contributed by atoms with E-state index in [0.717, 1.165) is 32.2 Å². The van der Waals surface area contributed by atoms with Crippen molar-refractivity contribution in [1.82, 2.24) is 20.0 Å². The Morgan fingerprint density at radius 3 is 2.20 bits per heavy atom. The Labute approximate surface area is 264 Å². The quantitative estimate of drug-likeness (QED) is 0.331. The molecular weight excluding hydrogens is 556 g/mol. The summed E-state index contributed by atoms with van der Waals surface area (Å²) in [6.07, 6.45) is 6.05. The maximum atomic E-state index is 13.9. The fraction of sp³-hybridized carbons (Fsp3) is 0.657. The maximum absolute atomic E-state index is 13.9. The number of piperidine rings is 1. The monoisotopic (exact) mass is 610 g/mol. The maximum Gasteiger partial charge on any atom is 0.249 e. The standard InChI is InChI=1S/C35H54N4O5/c1-23(2)30(37(8)35(43)32(24(3)4)36-33(41)29-17-12-13-19-38(29)25(5)6)21-26(7)34(42)39-20-14-18-28(39)31(40)22-44-27-15-10-9-11-16-27/h9-11,15-16,21,23-25,28-30,32H,12-14,17-20,22H2,1-8H3,(H,36,41)/b26-21+. The van der Waals surface area contributed by atoms with E-state index < -0.39 is 12.1 Å². The van der Waals surface area contributed by atoms with Gasteiger partial charge in [-0.25, -0.2) is 0 Å². The number of Topliss-reactive ketones (excluding diaryl/α,β-unsaturated/α-hetero) is 1. The minimum atomic E-state index is -0.681. The number of rotatable bonds is 13. The highest BCUT2D eigenvalue weighted by Crippen LogP contribution is 2.24. The number of hydrogen-bond acceptors (Lipinski definition) is 6. The van der Waals surface area contributed by atoms with Gasteiger partial charge in [-0.3, -0.25) is 24.1 Å². The summed E-state index contributed by atoms with van der Waals surface area (Å²) >= 11 is 0. The number of para-hydroxylation sites is 1. The first-order chi connectivity index (χ1) is 20.8. The molecule has 4 atom stereocenters. The molecule has 2 saturated heterocycles. The predicted octanol–water partition coefficient (Wildman–Crippen LogP) is 4.46. The van der Waals surface area contributed by atoms with Crippen molar-refractivity contribution in [2.24, 2.45) is 11.8 Å². The fourth-order valence-electron chi connectivity index (χ4n) is 6.40. The van der Waals surface area contributed by atoms with E-state index in [4.69, 9.17) is 4.74 Å². The first kappa shape index (κ1) is 35.3. The van der Waals surface area contributed by atoms with Gasteiger partial charge in [0, 0.05) is 25.2 Å². The van der Waals surface area contributed by atoms with Crippen LogP contribution in [-0.2, 0) is 19.2 Å². The molecule has 0 radical (unpaired) electrons. The molecule has 3 amide bonds. The van der Waals surface area contributed by atoms with Crippen molar-refractivity contribution in [3.63, 3.8) is 0 Å². The largest absolute Gasteiger partial charge is 0.486 e. The van der Waals surface area contributed by atoms with E-state index in [9.17, 15) is 19.2 Å². The van der Waals surface area contributed by atoms with Crippen LogP contribution in [0, 0.1) is 11.8 Å². The summed E-state index contributed by atoms with van der Waals surface area (Å²) in [7, 11) is 1.74. The molecule has 44 heavy (non-hydrogen) atoms. The summed E-state index contributed by atoms with van der Waals surface area (Å²) in [6.45, 7) is 15.2. The topological polar surface area (TPSA) is 99.3 Å². The first-order valence-electron chi connectivity index (χ1n) is 16.4. The number of nitrogens with one attached hydrogen (secondary N) is 1. The Morgan fingerprint density at radius 2 is 1.59 bits per heavy atom. The molecule has 2 fully saturated rings. The zero-order chi connectivity index (χ0) is 32.6. The minimum absolute atomic E-state index is 0.0141. The van der Waals surface area contributed by atoms with Crippen LogP contribution >= 0.6 is 0 Å². The van der Waals surface area contributed by atoms with Crippen molar-refractivity contribution >= 4 is 23.5 Å². The lowest BCUT2D eigenvalue weighted by atomic mass is 9.95. The Bertz CT molecular complexity index is 1160. The van der Waals surface area contributed by atoms with Crippen molar-refractivity contribution < 1.29 is 23.9 Å². The molecule has 2 aliphatic rings. The highest BCUT2D eigenvalue weighted by Gasteiger charge is 2.37. The normalized spacial score (nSPS) is 21.0.